The van der Waals surface area contributed by atoms with Crippen molar-refractivity contribution in [1.29, 1.82) is 0 Å². The van der Waals surface area contributed by atoms with Gasteiger partial charge < -0.3 is 23.6 Å². The van der Waals surface area contributed by atoms with Gasteiger partial charge in [0.25, 0.3) is 11.7 Å². The van der Waals surface area contributed by atoms with Gasteiger partial charge in [-0.25, -0.2) is 0 Å². The van der Waals surface area contributed by atoms with Crippen LogP contribution in [-0.4, -0.2) is 28.3 Å². The van der Waals surface area contributed by atoms with Gasteiger partial charge in [0, 0.05) is 5.56 Å². The number of likely N-dealkylation sites (tertiary alicyclic amines) is 1. The standard InChI is InChI=1S/C25H25NO6/c1-15(2)14-32-19-9-8-17(12-16(19)3)23(27)21-22(20-7-5-11-31-20)26(25(29)24(21)28)13-18-6-4-10-30-18/h4-12,15,22,27H,13-14H2,1-3H3/b23-21-. The summed E-state index contributed by atoms with van der Waals surface area (Å²) in [7, 11) is 0. The first-order valence-electron chi connectivity index (χ1n) is 10.4. The largest absolute Gasteiger partial charge is 0.507 e. The molecule has 1 aliphatic rings. The van der Waals surface area contributed by atoms with Crippen molar-refractivity contribution in [2.75, 3.05) is 6.61 Å². The van der Waals surface area contributed by atoms with Gasteiger partial charge in [-0.2, -0.15) is 0 Å². The molecule has 1 unspecified atom stereocenters. The van der Waals surface area contributed by atoms with Gasteiger partial charge in [0.05, 0.1) is 31.3 Å². The minimum Gasteiger partial charge on any atom is -0.507 e. The number of aliphatic hydroxyl groups excluding tert-OH is 1. The summed E-state index contributed by atoms with van der Waals surface area (Å²) >= 11 is 0. The number of carbonyl (C=O) groups excluding carboxylic acids is 2. The fraction of sp³-hybridized carbons (Fsp3) is 0.280. The smallest absolute Gasteiger partial charge is 0.296 e. The Kier molecular flexibility index (Phi) is 5.90. The number of amides is 1. The van der Waals surface area contributed by atoms with E-state index in [0.29, 0.717) is 35.4 Å². The lowest BCUT2D eigenvalue weighted by atomic mass is 9.98. The summed E-state index contributed by atoms with van der Waals surface area (Å²) in [6.45, 7) is 6.63. The van der Waals surface area contributed by atoms with Crippen molar-refractivity contribution in [3.63, 3.8) is 0 Å². The Bertz CT molecular complexity index is 1140. The molecule has 1 saturated heterocycles. The molecule has 0 aliphatic carbocycles. The summed E-state index contributed by atoms with van der Waals surface area (Å²) in [5, 5.41) is 11.1. The summed E-state index contributed by atoms with van der Waals surface area (Å²) in [6, 6.07) is 11.1. The zero-order valence-corrected chi connectivity index (χ0v) is 18.2. The molecule has 7 heteroatoms. The predicted octanol–water partition coefficient (Wildman–Crippen LogP) is 4.84. The maximum atomic E-state index is 13.0. The number of benzene rings is 1. The first-order chi connectivity index (χ1) is 15.4. The van der Waals surface area contributed by atoms with E-state index in [1.165, 1.54) is 17.4 Å². The molecule has 1 amide bonds. The zero-order chi connectivity index (χ0) is 22.8. The summed E-state index contributed by atoms with van der Waals surface area (Å²) < 4.78 is 16.7. The topological polar surface area (TPSA) is 93.1 Å². The third-order valence-corrected chi connectivity index (χ3v) is 5.28. The van der Waals surface area contributed by atoms with Crippen molar-refractivity contribution in [2.24, 2.45) is 5.92 Å². The lowest BCUT2D eigenvalue weighted by Crippen LogP contribution is -2.28. The van der Waals surface area contributed by atoms with Crippen LogP contribution in [-0.2, 0) is 16.1 Å². The second kappa shape index (κ2) is 8.78. The highest BCUT2D eigenvalue weighted by molar-refractivity contribution is 6.46. The van der Waals surface area contributed by atoms with E-state index in [1.807, 2.05) is 6.92 Å². The summed E-state index contributed by atoms with van der Waals surface area (Å²) in [6.07, 6.45) is 2.97. The third-order valence-electron chi connectivity index (χ3n) is 5.28. The maximum Gasteiger partial charge on any atom is 0.296 e. The second-order valence-corrected chi connectivity index (χ2v) is 8.21. The summed E-state index contributed by atoms with van der Waals surface area (Å²) in [5.41, 5.74) is 1.22. The zero-order valence-electron chi connectivity index (χ0n) is 18.2. The Morgan fingerprint density at radius 2 is 1.88 bits per heavy atom. The average Bonchev–Trinajstić information content (AvgIpc) is 3.51. The van der Waals surface area contributed by atoms with Crippen LogP contribution >= 0.6 is 0 Å². The Morgan fingerprint density at radius 1 is 1.12 bits per heavy atom. The van der Waals surface area contributed by atoms with Crippen LogP contribution in [0.2, 0.25) is 0 Å². The van der Waals surface area contributed by atoms with Crippen molar-refractivity contribution in [3.05, 3.63) is 83.2 Å². The number of aryl methyl sites for hydroxylation is 1. The fourth-order valence-electron chi connectivity index (χ4n) is 3.73. The van der Waals surface area contributed by atoms with Crippen molar-refractivity contribution in [1.82, 2.24) is 4.90 Å². The van der Waals surface area contributed by atoms with Crippen molar-refractivity contribution >= 4 is 17.4 Å². The van der Waals surface area contributed by atoms with Crippen LogP contribution in [0.1, 0.15) is 42.5 Å². The number of ketones is 1. The summed E-state index contributed by atoms with van der Waals surface area (Å²) in [5.74, 6) is 0.227. The highest BCUT2D eigenvalue weighted by Crippen LogP contribution is 2.40. The molecule has 1 N–H and O–H groups in total. The Labute approximate surface area is 185 Å². The molecule has 0 spiro atoms. The van der Waals surface area contributed by atoms with Crippen LogP contribution in [0.4, 0.5) is 0 Å². The number of rotatable bonds is 7. The van der Waals surface area contributed by atoms with E-state index in [0.717, 1.165) is 5.56 Å². The van der Waals surface area contributed by atoms with Gasteiger partial charge in [0.1, 0.15) is 29.1 Å². The minimum atomic E-state index is -0.868. The van der Waals surface area contributed by atoms with E-state index < -0.39 is 17.7 Å². The third kappa shape index (κ3) is 4.06. The van der Waals surface area contributed by atoms with E-state index in [2.05, 4.69) is 13.8 Å². The number of furan rings is 2. The van der Waals surface area contributed by atoms with Crippen LogP contribution in [0.5, 0.6) is 5.75 Å². The van der Waals surface area contributed by atoms with Crippen LogP contribution < -0.4 is 4.74 Å². The SMILES string of the molecule is Cc1cc(/C(O)=C2/C(=O)C(=O)N(Cc3ccco3)C2c2ccco2)ccc1OCC(C)C. The van der Waals surface area contributed by atoms with Gasteiger partial charge in [-0.1, -0.05) is 13.8 Å². The van der Waals surface area contributed by atoms with E-state index in [9.17, 15) is 14.7 Å². The Morgan fingerprint density at radius 3 is 2.50 bits per heavy atom. The number of ether oxygens (including phenoxy) is 1. The molecule has 3 heterocycles. The number of carbonyl (C=O) groups is 2. The first-order valence-corrected chi connectivity index (χ1v) is 10.4. The van der Waals surface area contributed by atoms with Gasteiger partial charge >= 0.3 is 0 Å². The van der Waals surface area contributed by atoms with Gasteiger partial charge in [-0.15, -0.1) is 0 Å². The molecule has 32 heavy (non-hydrogen) atoms. The molecule has 1 aliphatic heterocycles. The van der Waals surface area contributed by atoms with Crippen LogP contribution in [0, 0.1) is 12.8 Å². The molecule has 1 aromatic carbocycles. The van der Waals surface area contributed by atoms with Crippen LogP contribution in [0.25, 0.3) is 5.76 Å². The van der Waals surface area contributed by atoms with Crippen LogP contribution in [0.3, 0.4) is 0 Å². The predicted molar refractivity (Wildman–Crippen MR) is 117 cm³/mol. The molecule has 3 aromatic rings. The molecular formula is C25H25NO6. The van der Waals surface area contributed by atoms with Crippen LogP contribution in [0.15, 0.2) is 69.4 Å². The fourth-order valence-corrected chi connectivity index (χ4v) is 3.73. The van der Waals surface area contributed by atoms with E-state index >= 15 is 0 Å². The molecule has 0 radical (unpaired) electrons. The number of hydrogen-bond donors (Lipinski definition) is 1. The number of Topliss-reactive ketones (excluding diaryl/α,β-unsaturated/α-hetero) is 1. The highest BCUT2D eigenvalue weighted by Gasteiger charge is 2.47. The summed E-state index contributed by atoms with van der Waals surface area (Å²) in [4.78, 5) is 27.2. The maximum absolute atomic E-state index is 13.0. The van der Waals surface area contributed by atoms with Crippen molar-refractivity contribution in [2.45, 2.75) is 33.4 Å². The lowest BCUT2D eigenvalue weighted by molar-refractivity contribution is -0.140. The molecule has 1 fully saturated rings. The highest BCUT2D eigenvalue weighted by atomic mass is 16.5. The molecule has 0 saturated carbocycles. The normalized spacial score (nSPS) is 18.0. The van der Waals surface area contributed by atoms with E-state index in [4.69, 9.17) is 13.6 Å². The Hall–Kier alpha value is -3.74. The van der Waals surface area contributed by atoms with Gasteiger partial charge in [0.2, 0.25) is 0 Å². The monoisotopic (exact) mass is 435 g/mol. The second-order valence-electron chi connectivity index (χ2n) is 8.21. The number of hydrogen-bond acceptors (Lipinski definition) is 6. The minimum absolute atomic E-state index is 0.0215. The van der Waals surface area contributed by atoms with Gasteiger partial charge in [-0.05, 0) is 60.9 Å². The quantitative estimate of drug-likeness (QED) is 0.324. The van der Waals surface area contributed by atoms with Gasteiger partial charge in [-0.3, -0.25) is 9.59 Å². The average molecular weight is 435 g/mol. The molecule has 1 atom stereocenters. The molecule has 0 bridgehead atoms. The molecule has 7 nitrogen and oxygen atoms in total. The van der Waals surface area contributed by atoms with Crippen molar-refractivity contribution < 1.29 is 28.3 Å². The Balaban J connectivity index is 1.75. The number of nitrogens with zero attached hydrogens (tertiary/aromatic N) is 1. The van der Waals surface area contributed by atoms with E-state index in [-0.39, 0.29) is 17.9 Å². The number of aliphatic hydroxyl groups is 1. The van der Waals surface area contributed by atoms with E-state index in [1.54, 1.807) is 42.5 Å². The molecule has 166 valence electrons. The molecule has 4 rings (SSSR count). The molecular weight excluding hydrogens is 410 g/mol. The molecule has 2 aromatic heterocycles. The lowest BCUT2D eigenvalue weighted by Gasteiger charge is -2.22. The van der Waals surface area contributed by atoms with Crippen molar-refractivity contribution in [3.8, 4) is 5.75 Å². The van der Waals surface area contributed by atoms with Gasteiger partial charge in [0.15, 0.2) is 0 Å². The first kappa shape index (κ1) is 21.5.